The summed E-state index contributed by atoms with van der Waals surface area (Å²) in [6.45, 7) is 0. The molecule has 1 rings (SSSR count). The van der Waals surface area contributed by atoms with Crippen LogP contribution in [0.25, 0.3) is 0 Å². The third-order valence-corrected chi connectivity index (χ3v) is 3.91. The average molecular weight is 313 g/mol. The Labute approximate surface area is 96.7 Å². The highest BCUT2D eigenvalue weighted by atomic mass is 79.9. The molecule has 0 saturated heterocycles. The highest BCUT2D eigenvalue weighted by Crippen LogP contribution is 2.42. The Hall–Kier alpha value is 0.790. The molecule has 0 aliphatic rings. The third-order valence-electron chi connectivity index (χ3n) is 1.16. The van der Waals surface area contributed by atoms with Crippen LogP contribution in [0.4, 0.5) is 4.39 Å². The van der Waals surface area contributed by atoms with Gasteiger partial charge in [0.05, 0.1) is 24.6 Å². The number of halogens is 6. The summed E-state index contributed by atoms with van der Waals surface area (Å²) in [5.74, 6) is -0.712. The Balaban J connectivity index is 3.60. The van der Waals surface area contributed by atoms with Crippen LogP contribution in [-0.4, -0.2) is 0 Å². The Morgan fingerprint density at radius 1 is 0.833 bits per heavy atom. The van der Waals surface area contributed by atoms with Gasteiger partial charge in [-0.25, -0.2) is 4.39 Å². The normalized spacial score (nSPS) is 10.5. The first-order valence-corrected chi connectivity index (χ1v) is 4.94. The second-order valence-corrected chi connectivity index (χ2v) is 4.19. The van der Waals surface area contributed by atoms with E-state index in [4.69, 9.17) is 46.4 Å². The molecule has 12 heavy (non-hydrogen) atoms. The lowest BCUT2D eigenvalue weighted by molar-refractivity contribution is 0.622. The minimum atomic E-state index is -0.712. The van der Waals surface area contributed by atoms with Crippen LogP contribution < -0.4 is 0 Å². The van der Waals surface area contributed by atoms with Crippen molar-refractivity contribution in [3.63, 3.8) is 0 Å². The van der Waals surface area contributed by atoms with E-state index in [-0.39, 0.29) is 24.6 Å². The van der Waals surface area contributed by atoms with E-state index in [1.54, 1.807) is 0 Å². The SMILES string of the molecule is Fc1c(Cl)c(Cl)c(Cl)c(Cl)c1Br. The topological polar surface area (TPSA) is 0 Å². The maximum absolute atomic E-state index is 13.0. The van der Waals surface area contributed by atoms with Crippen LogP contribution in [0, 0.1) is 5.82 Å². The van der Waals surface area contributed by atoms with Gasteiger partial charge >= 0.3 is 0 Å². The van der Waals surface area contributed by atoms with Gasteiger partial charge in [-0.15, -0.1) is 0 Å². The molecular formula is C6BrCl4F. The summed E-state index contributed by atoms with van der Waals surface area (Å²) in [6, 6.07) is 0. The van der Waals surface area contributed by atoms with Crippen LogP contribution in [0.15, 0.2) is 4.47 Å². The van der Waals surface area contributed by atoms with Crippen molar-refractivity contribution < 1.29 is 4.39 Å². The van der Waals surface area contributed by atoms with E-state index in [2.05, 4.69) is 15.9 Å². The lowest BCUT2D eigenvalue weighted by Crippen LogP contribution is -1.84. The Kier molecular flexibility index (Phi) is 3.52. The first-order chi connectivity index (χ1) is 5.46. The molecule has 0 aliphatic carbocycles. The fourth-order valence-electron chi connectivity index (χ4n) is 0.578. The van der Waals surface area contributed by atoms with Crippen LogP contribution in [0.5, 0.6) is 0 Å². The molecule has 0 N–H and O–H groups in total. The van der Waals surface area contributed by atoms with Crippen molar-refractivity contribution in [2.45, 2.75) is 0 Å². The Morgan fingerprint density at radius 2 is 1.25 bits per heavy atom. The summed E-state index contributed by atoms with van der Waals surface area (Å²) in [5.41, 5.74) is 0. The molecule has 1 aromatic carbocycles. The summed E-state index contributed by atoms with van der Waals surface area (Å²) in [4.78, 5) is 0. The molecule has 0 radical (unpaired) electrons. The molecule has 1 aromatic rings. The Bertz CT molecular complexity index is 234. The van der Waals surface area contributed by atoms with Gasteiger partial charge in [0.25, 0.3) is 0 Å². The lowest BCUT2D eigenvalue weighted by atomic mass is 10.3. The second kappa shape index (κ2) is 3.89. The van der Waals surface area contributed by atoms with E-state index in [9.17, 15) is 4.39 Å². The first-order valence-electron chi connectivity index (χ1n) is 2.63. The molecule has 0 bridgehead atoms. The van der Waals surface area contributed by atoms with Gasteiger partial charge in [0.15, 0.2) is 5.82 Å². The largest absolute Gasteiger partial charge is 0.204 e. The minimum absolute atomic E-state index is 0.0172. The quantitative estimate of drug-likeness (QED) is 0.456. The van der Waals surface area contributed by atoms with Crippen molar-refractivity contribution in [1.82, 2.24) is 0 Å². The number of hydrogen-bond acceptors (Lipinski definition) is 0. The highest BCUT2D eigenvalue weighted by Gasteiger charge is 2.18. The number of hydrogen-bond donors (Lipinski definition) is 0. The molecule has 0 atom stereocenters. The molecule has 0 aliphatic heterocycles. The third kappa shape index (κ3) is 1.68. The van der Waals surface area contributed by atoms with Crippen LogP contribution >= 0.6 is 62.3 Å². The zero-order valence-electron chi connectivity index (χ0n) is 5.27. The first kappa shape index (κ1) is 10.9. The summed E-state index contributed by atoms with van der Waals surface area (Å²) in [5, 5.41) is -0.262. The van der Waals surface area contributed by atoms with Crippen LogP contribution in [0.2, 0.25) is 20.1 Å². The predicted molar refractivity (Wildman–Crippen MR) is 54.1 cm³/mol. The zero-order chi connectivity index (χ0) is 9.46. The zero-order valence-corrected chi connectivity index (χ0v) is 9.88. The van der Waals surface area contributed by atoms with Crippen molar-refractivity contribution in [1.29, 1.82) is 0 Å². The van der Waals surface area contributed by atoms with Gasteiger partial charge in [-0.3, -0.25) is 0 Å². The molecular weight excluding hydrogens is 313 g/mol. The van der Waals surface area contributed by atoms with E-state index in [1.165, 1.54) is 0 Å². The summed E-state index contributed by atoms with van der Waals surface area (Å²) in [6.07, 6.45) is 0. The van der Waals surface area contributed by atoms with Gasteiger partial charge in [-0.05, 0) is 15.9 Å². The van der Waals surface area contributed by atoms with Gasteiger partial charge in [0.1, 0.15) is 0 Å². The van der Waals surface area contributed by atoms with Crippen molar-refractivity contribution in [3.05, 3.63) is 30.4 Å². The summed E-state index contributed by atoms with van der Waals surface area (Å²) < 4.78 is 13.0. The number of rotatable bonds is 0. The molecule has 0 aromatic heterocycles. The van der Waals surface area contributed by atoms with E-state index < -0.39 is 5.82 Å². The summed E-state index contributed by atoms with van der Waals surface area (Å²) in [7, 11) is 0. The number of benzene rings is 1. The molecule has 0 unspecified atom stereocenters. The van der Waals surface area contributed by atoms with Gasteiger partial charge in [-0.1, -0.05) is 46.4 Å². The molecule has 0 heterocycles. The van der Waals surface area contributed by atoms with Crippen molar-refractivity contribution in [2.24, 2.45) is 0 Å². The fraction of sp³-hybridized carbons (Fsp3) is 0. The maximum atomic E-state index is 13.0. The summed E-state index contributed by atoms with van der Waals surface area (Å²) >= 11 is 25.1. The predicted octanol–water partition coefficient (Wildman–Crippen LogP) is 5.20. The van der Waals surface area contributed by atoms with Crippen molar-refractivity contribution in [2.75, 3.05) is 0 Å². The van der Waals surface area contributed by atoms with Gasteiger partial charge in [-0.2, -0.15) is 0 Å². The molecule has 0 spiro atoms. The van der Waals surface area contributed by atoms with Gasteiger partial charge < -0.3 is 0 Å². The lowest BCUT2D eigenvalue weighted by Gasteiger charge is -2.05. The van der Waals surface area contributed by atoms with E-state index in [0.717, 1.165) is 0 Å². The maximum Gasteiger partial charge on any atom is 0.159 e. The smallest absolute Gasteiger partial charge is 0.159 e. The molecule has 0 fully saturated rings. The van der Waals surface area contributed by atoms with Crippen LogP contribution in [-0.2, 0) is 0 Å². The average Bonchev–Trinajstić information content (AvgIpc) is 2.08. The van der Waals surface area contributed by atoms with Gasteiger partial charge in [0, 0.05) is 0 Å². The monoisotopic (exact) mass is 310 g/mol. The van der Waals surface area contributed by atoms with E-state index in [1.807, 2.05) is 0 Å². The van der Waals surface area contributed by atoms with Crippen LogP contribution in [0.1, 0.15) is 0 Å². The van der Waals surface area contributed by atoms with Crippen LogP contribution in [0.3, 0.4) is 0 Å². The van der Waals surface area contributed by atoms with E-state index in [0.29, 0.717) is 0 Å². The van der Waals surface area contributed by atoms with Gasteiger partial charge in [0.2, 0.25) is 0 Å². The minimum Gasteiger partial charge on any atom is -0.204 e. The molecule has 0 amide bonds. The van der Waals surface area contributed by atoms with Crippen molar-refractivity contribution in [3.8, 4) is 0 Å². The molecule has 0 saturated carbocycles. The van der Waals surface area contributed by atoms with E-state index >= 15 is 0 Å². The molecule has 6 heteroatoms. The second-order valence-electron chi connectivity index (χ2n) is 1.88. The fourth-order valence-corrected chi connectivity index (χ4v) is 2.03. The Morgan fingerprint density at radius 3 is 1.75 bits per heavy atom. The van der Waals surface area contributed by atoms with Crippen molar-refractivity contribution >= 4 is 62.3 Å². The molecule has 66 valence electrons. The standard InChI is InChI=1S/C6BrCl4F/c7-1-2(8)3(9)4(10)5(11)6(1)12. The highest BCUT2D eigenvalue weighted by molar-refractivity contribution is 9.10. The molecule has 0 nitrogen and oxygen atoms in total.